The summed E-state index contributed by atoms with van der Waals surface area (Å²) >= 11 is 0. The molecule has 0 aliphatic rings. The van der Waals surface area contributed by atoms with Crippen molar-refractivity contribution in [2.45, 2.75) is 18.4 Å². The second-order valence-electron chi connectivity index (χ2n) is 3.47. The average molecular weight is 253 g/mol. The third-order valence-corrected chi connectivity index (χ3v) is 3.22. The normalized spacial score (nSPS) is 11.6. The van der Waals surface area contributed by atoms with Crippen LogP contribution in [0.5, 0.6) is 0 Å². The maximum atomic E-state index is 10.9. The van der Waals surface area contributed by atoms with E-state index in [0.717, 1.165) is 5.69 Å². The highest BCUT2D eigenvalue weighted by Gasteiger charge is 2.16. The first-order valence-corrected chi connectivity index (χ1v) is 6.47. The molecule has 2 aromatic rings. The van der Waals surface area contributed by atoms with Crippen molar-refractivity contribution in [3.63, 3.8) is 0 Å². The lowest BCUT2D eigenvalue weighted by atomic mass is 10.1. The van der Waals surface area contributed by atoms with Gasteiger partial charge in [-0.1, -0.05) is 6.07 Å². The van der Waals surface area contributed by atoms with Gasteiger partial charge in [-0.3, -0.25) is 0 Å². The van der Waals surface area contributed by atoms with E-state index in [2.05, 4.69) is 0 Å². The summed E-state index contributed by atoms with van der Waals surface area (Å²) in [5, 5.41) is 0. The third-order valence-electron chi connectivity index (χ3n) is 2.39. The Kier molecular flexibility index (Phi) is 2.99. The summed E-state index contributed by atoms with van der Waals surface area (Å²) in [5.41, 5.74) is 1.37. The first kappa shape index (κ1) is 11.8. The fraction of sp³-hybridized carbons (Fsp3) is 0.182. The molecule has 0 unspecified atom stereocenters. The lowest BCUT2D eigenvalue weighted by molar-refractivity contribution is -0.852. The Hall–Kier alpha value is -1.66. The lowest BCUT2D eigenvalue weighted by Gasteiger charge is -2.06. The quantitative estimate of drug-likeness (QED) is 0.607. The summed E-state index contributed by atoms with van der Waals surface area (Å²) in [4.78, 5) is -0.237. The first-order valence-electron chi connectivity index (χ1n) is 5.06. The summed E-state index contributed by atoms with van der Waals surface area (Å²) in [6.45, 7) is 2.53. The van der Waals surface area contributed by atoms with Gasteiger partial charge in [0.1, 0.15) is 10.1 Å². The predicted molar refractivity (Wildman–Crippen MR) is 58.0 cm³/mol. The Bertz CT molecular complexity index is 630. The van der Waals surface area contributed by atoms with Gasteiger partial charge in [0, 0.05) is 0 Å². The van der Waals surface area contributed by atoms with Gasteiger partial charge in [0.25, 0.3) is 5.69 Å². The molecule has 0 aliphatic carbocycles. The van der Waals surface area contributed by atoms with Gasteiger partial charge >= 0.3 is 0 Å². The van der Waals surface area contributed by atoms with Crippen LogP contribution in [-0.4, -0.2) is 13.0 Å². The molecule has 0 atom stereocenters. The van der Waals surface area contributed by atoms with Gasteiger partial charge in [-0.15, -0.1) is 0 Å². The van der Waals surface area contributed by atoms with Crippen LogP contribution in [0.3, 0.4) is 0 Å². The van der Waals surface area contributed by atoms with Gasteiger partial charge in [0.15, 0.2) is 12.8 Å². The molecule has 0 saturated heterocycles. The van der Waals surface area contributed by atoms with E-state index in [1.54, 1.807) is 16.9 Å². The zero-order valence-corrected chi connectivity index (χ0v) is 9.98. The van der Waals surface area contributed by atoms with Crippen molar-refractivity contribution in [2.75, 3.05) is 0 Å². The number of rotatable bonds is 3. The van der Waals surface area contributed by atoms with Gasteiger partial charge in [-0.05, 0) is 29.9 Å². The van der Waals surface area contributed by atoms with Crippen LogP contribution in [0.4, 0.5) is 0 Å². The van der Waals surface area contributed by atoms with E-state index in [4.69, 9.17) is 4.52 Å². The second kappa shape index (κ2) is 4.31. The Balaban J connectivity index is 2.55. The Morgan fingerprint density at radius 2 is 2.12 bits per heavy atom. The van der Waals surface area contributed by atoms with Gasteiger partial charge in [-0.25, -0.2) is 12.9 Å². The topological polar surface area (TPSA) is 74.2 Å². The number of aryl methyl sites for hydroxylation is 1. The molecule has 0 saturated carbocycles. The van der Waals surface area contributed by atoms with Crippen LogP contribution < -0.4 is 4.74 Å². The van der Waals surface area contributed by atoms with Crippen molar-refractivity contribution in [1.82, 2.24) is 0 Å². The minimum absolute atomic E-state index is 0.237. The average Bonchev–Trinajstić information content (AvgIpc) is 2.76. The fourth-order valence-electron chi connectivity index (χ4n) is 1.60. The summed E-state index contributed by atoms with van der Waals surface area (Å²) in [6.07, 6.45) is 1.51. The third kappa shape index (κ3) is 2.37. The van der Waals surface area contributed by atoms with Crippen LogP contribution in [0.2, 0.25) is 0 Å². The summed E-state index contributed by atoms with van der Waals surface area (Å²) in [7, 11) is -4.43. The molecule has 1 heterocycles. The molecule has 0 amide bonds. The van der Waals surface area contributed by atoms with Gasteiger partial charge < -0.3 is 4.55 Å². The standard InChI is InChI=1S/C11H11NO4S/c1-2-12-11(6-7-16-12)9-4-3-5-10(8-9)17(13,14)15/h3-8H,2H2,1H3. The monoisotopic (exact) mass is 253 g/mol. The molecule has 0 N–H and O–H groups in total. The smallest absolute Gasteiger partial charge is 0.261 e. The Labute approximate surface area is 99.0 Å². The molecule has 1 aromatic carbocycles. The van der Waals surface area contributed by atoms with Crippen LogP contribution in [-0.2, 0) is 16.7 Å². The van der Waals surface area contributed by atoms with Gasteiger partial charge in [0.2, 0.25) is 0 Å². The van der Waals surface area contributed by atoms with Gasteiger partial charge in [0.05, 0.1) is 16.5 Å². The summed E-state index contributed by atoms with van der Waals surface area (Å²) in [5.74, 6) is 0. The zero-order valence-electron chi connectivity index (χ0n) is 9.16. The molecule has 2 rings (SSSR count). The highest BCUT2D eigenvalue weighted by Crippen LogP contribution is 2.19. The van der Waals surface area contributed by atoms with Crippen molar-refractivity contribution >= 4 is 10.1 Å². The number of benzene rings is 1. The van der Waals surface area contributed by atoms with E-state index in [1.807, 2.05) is 6.92 Å². The summed E-state index contributed by atoms with van der Waals surface area (Å²) in [6, 6.07) is 7.61. The number of nitrogens with zero attached hydrogens (tertiary/aromatic N) is 1. The highest BCUT2D eigenvalue weighted by atomic mass is 32.2. The van der Waals surface area contributed by atoms with Crippen molar-refractivity contribution < 1.29 is 22.2 Å². The van der Waals surface area contributed by atoms with E-state index in [-0.39, 0.29) is 4.90 Å². The van der Waals surface area contributed by atoms with E-state index in [1.165, 1.54) is 24.5 Å². The minimum atomic E-state index is -4.43. The molecule has 5 nitrogen and oxygen atoms in total. The molecule has 0 spiro atoms. The van der Waals surface area contributed by atoms with Crippen LogP contribution in [0.15, 0.2) is 46.0 Å². The second-order valence-corrected chi connectivity index (χ2v) is 4.85. The molecule has 0 fully saturated rings. The number of hydrogen-bond acceptors (Lipinski definition) is 4. The Morgan fingerprint density at radius 3 is 2.76 bits per heavy atom. The molecule has 6 heteroatoms. The van der Waals surface area contributed by atoms with Crippen molar-refractivity contribution in [2.24, 2.45) is 0 Å². The van der Waals surface area contributed by atoms with E-state index >= 15 is 0 Å². The molecule has 90 valence electrons. The molecule has 0 aliphatic heterocycles. The Morgan fingerprint density at radius 1 is 1.35 bits per heavy atom. The minimum Gasteiger partial charge on any atom is -0.744 e. The maximum absolute atomic E-state index is 10.9. The summed E-state index contributed by atoms with van der Waals surface area (Å²) < 4.78 is 39.6. The SMILES string of the molecule is CC[n+]1occc1-c1cccc(S(=O)(=O)[O-])c1. The fourth-order valence-corrected chi connectivity index (χ4v) is 2.12. The van der Waals surface area contributed by atoms with Gasteiger partial charge in [-0.2, -0.15) is 0 Å². The number of hydrogen-bond donors (Lipinski definition) is 0. The molecule has 17 heavy (non-hydrogen) atoms. The molecular weight excluding hydrogens is 242 g/mol. The lowest BCUT2D eigenvalue weighted by Crippen LogP contribution is -2.31. The molecule has 0 radical (unpaired) electrons. The van der Waals surface area contributed by atoms with Crippen molar-refractivity contribution in [1.29, 1.82) is 0 Å². The van der Waals surface area contributed by atoms with Crippen LogP contribution >= 0.6 is 0 Å². The molecular formula is C11H11NO4S. The van der Waals surface area contributed by atoms with Crippen LogP contribution in [0.1, 0.15) is 6.92 Å². The molecule has 1 aromatic heterocycles. The highest BCUT2D eigenvalue weighted by molar-refractivity contribution is 7.85. The van der Waals surface area contributed by atoms with Crippen LogP contribution in [0.25, 0.3) is 11.3 Å². The van der Waals surface area contributed by atoms with E-state index in [0.29, 0.717) is 12.1 Å². The van der Waals surface area contributed by atoms with Crippen LogP contribution in [0, 0.1) is 0 Å². The van der Waals surface area contributed by atoms with E-state index < -0.39 is 10.1 Å². The predicted octanol–water partition coefficient (Wildman–Crippen LogP) is 1.16. The largest absolute Gasteiger partial charge is 0.744 e. The first-order chi connectivity index (χ1) is 8.02. The maximum Gasteiger partial charge on any atom is 0.261 e. The van der Waals surface area contributed by atoms with Crippen molar-refractivity contribution in [3.05, 3.63) is 36.6 Å². The number of aromatic nitrogens is 1. The molecule has 0 bridgehead atoms. The zero-order chi connectivity index (χ0) is 12.5. The van der Waals surface area contributed by atoms with Crippen molar-refractivity contribution in [3.8, 4) is 11.3 Å². The van der Waals surface area contributed by atoms with E-state index in [9.17, 15) is 13.0 Å².